The average molecular weight is 275 g/mol. The summed E-state index contributed by atoms with van der Waals surface area (Å²) in [5.41, 5.74) is 0.562. The van der Waals surface area contributed by atoms with E-state index in [1.54, 1.807) is 35.6 Å². The molecule has 4 nitrogen and oxygen atoms in total. The van der Waals surface area contributed by atoms with E-state index in [-0.39, 0.29) is 13.0 Å². The van der Waals surface area contributed by atoms with Crippen molar-refractivity contribution in [3.8, 4) is 0 Å². The summed E-state index contributed by atoms with van der Waals surface area (Å²) in [6.45, 7) is -0.380. The molecule has 0 heterocycles. The van der Waals surface area contributed by atoms with Crippen LogP contribution in [0.2, 0.25) is 0 Å². The Morgan fingerprint density at radius 1 is 1.21 bits per heavy atom. The number of benzene rings is 1. The molecule has 1 aromatic carbocycles. The van der Waals surface area contributed by atoms with Gasteiger partial charge in [0.2, 0.25) is 0 Å². The maximum absolute atomic E-state index is 12.0. The first-order valence-corrected chi connectivity index (χ1v) is 5.42. The van der Waals surface area contributed by atoms with Crippen molar-refractivity contribution in [3.05, 3.63) is 35.9 Å². The Balaban J connectivity index is 2.72. The van der Waals surface area contributed by atoms with Gasteiger partial charge in [0.25, 0.3) is 0 Å². The molecule has 0 aliphatic rings. The Bertz CT molecular complexity index is 445. The molecule has 1 unspecified atom stereocenters. The number of carboxylic acids is 1. The third-order valence-electron chi connectivity index (χ3n) is 2.46. The average Bonchev–Trinajstić information content (AvgIpc) is 2.33. The Morgan fingerprint density at radius 3 is 2.26 bits per heavy atom. The Labute approximate surface area is 107 Å². The highest BCUT2D eigenvalue weighted by Crippen LogP contribution is 2.20. The molecular weight excluding hydrogens is 263 g/mol. The summed E-state index contributed by atoms with van der Waals surface area (Å²) in [7, 11) is 0. The highest BCUT2D eigenvalue weighted by Gasteiger charge is 2.38. The topological polar surface area (TPSA) is 66.4 Å². The van der Waals surface area contributed by atoms with Crippen molar-refractivity contribution in [1.82, 2.24) is 5.32 Å². The summed E-state index contributed by atoms with van der Waals surface area (Å²) in [5, 5.41) is 10.4. The van der Waals surface area contributed by atoms with Crippen LogP contribution in [0.3, 0.4) is 0 Å². The van der Waals surface area contributed by atoms with Gasteiger partial charge < -0.3 is 10.4 Å². The fourth-order valence-corrected chi connectivity index (χ4v) is 1.56. The molecule has 1 aromatic rings. The molecule has 0 aromatic heterocycles. The van der Waals surface area contributed by atoms with Gasteiger partial charge in [-0.3, -0.25) is 9.59 Å². The van der Waals surface area contributed by atoms with Crippen molar-refractivity contribution >= 4 is 11.9 Å². The molecule has 104 valence electrons. The van der Waals surface area contributed by atoms with Gasteiger partial charge in [-0.15, -0.1) is 0 Å². The molecule has 0 bridgehead atoms. The number of hydrogen-bond donors (Lipinski definition) is 2. The van der Waals surface area contributed by atoms with Crippen LogP contribution in [-0.4, -0.2) is 29.7 Å². The van der Waals surface area contributed by atoms with E-state index in [4.69, 9.17) is 5.11 Å². The maximum atomic E-state index is 12.0. The number of carboxylic acid groups (broad SMARTS) is 1. The van der Waals surface area contributed by atoms with Crippen molar-refractivity contribution in [3.63, 3.8) is 0 Å². The van der Waals surface area contributed by atoms with Crippen molar-refractivity contribution in [1.29, 1.82) is 0 Å². The first kappa shape index (κ1) is 15.0. The van der Waals surface area contributed by atoms with Crippen LogP contribution in [0, 0.1) is 0 Å². The number of alkyl halides is 3. The fourth-order valence-electron chi connectivity index (χ4n) is 1.56. The molecule has 1 rings (SSSR count). The van der Waals surface area contributed by atoms with Crippen LogP contribution in [0.4, 0.5) is 13.2 Å². The number of amides is 1. The lowest BCUT2D eigenvalue weighted by Gasteiger charge is -2.16. The second-order valence-electron chi connectivity index (χ2n) is 3.91. The van der Waals surface area contributed by atoms with Crippen LogP contribution in [0.15, 0.2) is 30.3 Å². The van der Waals surface area contributed by atoms with Gasteiger partial charge in [0, 0.05) is 12.5 Å². The molecule has 0 aliphatic carbocycles. The van der Waals surface area contributed by atoms with Gasteiger partial charge in [0.1, 0.15) is 0 Å². The van der Waals surface area contributed by atoms with E-state index >= 15 is 0 Å². The normalized spacial score (nSPS) is 12.8. The quantitative estimate of drug-likeness (QED) is 0.862. The van der Waals surface area contributed by atoms with Gasteiger partial charge in [0.05, 0.1) is 6.42 Å². The predicted molar refractivity (Wildman–Crippen MR) is 60.5 cm³/mol. The van der Waals surface area contributed by atoms with Gasteiger partial charge in [-0.25, -0.2) is 0 Å². The molecule has 2 N–H and O–H groups in total. The number of carbonyl (C=O) groups is 2. The second kappa shape index (κ2) is 6.21. The van der Waals surface area contributed by atoms with Crippen molar-refractivity contribution in [2.45, 2.75) is 18.5 Å². The lowest BCUT2D eigenvalue weighted by atomic mass is 9.96. The number of carbonyl (C=O) groups excluding carboxylic acids is 1. The molecule has 0 fully saturated rings. The third kappa shape index (κ3) is 4.99. The van der Waals surface area contributed by atoms with E-state index < -0.39 is 24.0 Å². The Hall–Kier alpha value is -2.05. The predicted octanol–water partition coefficient (Wildman–Crippen LogP) is 1.92. The number of halogens is 3. The lowest BCUT2D eigenvalue weighted by molar-refractivity contribution is -0.173. The lowest BCUT2D eigenvalue weighted by Crippen LogP contribution is -2.39. The summed E-state index contributed by atoms with van der Waals surface area (Å²) in [5.74, 6) is -3.92. The van der Waals surface area contributed by atoms with Crippen LogP contribution in [0.1, 0.15) is 17.9 Å². The first-order chi connectivity index (χ1) is 8.80. The van der Waals surface area contributed by atoms with Crippen LogP contribution in [-0.2, 0) is 9.59 Å². The minimum absolute atomic E-state index is 0.359. The Kier molecular flexibility index (Phi) is 4.91. The molecule has 0 spiro atoms. The van der Waals surface area contributed by atoms with E-state index in [9.17, 15) is 22.8 Å². The minimum Gasteiger partial charge on any atom is -0.481 e. The van der Waals surface area contributed by atoms with Crippen LogP contribution < -0.4 is 5.32 Å². The summed E-state index contributed by atoms with van der Waals surface area (Å²) >= 11 is 0. The molecule has 1 atom stereocenters. The van der Waals surface area contributed by atoms with E-state index in [0.717, 1.165) is 0 Å². The molecule has 0 radical (unpaired) electrons. The van der Waals surface area contributed by atoms with Crippen LogP contribution in [0.5, 0.6) is 0 Å². The molecule has 0 aliphatic heterocycles. The summed E-state index contributed by atoms with van der Waals surface area (Å²) in [6.07, 6.45) is -5.33. The smallest absolute Gasteiger partial charge is 0.471 e. The number of hydrogen-bond acceptors (Lipinski definition) is 2. The zero-order valence-corrected chi connectivity index (χ0v) is 9.78. The summed E-state index contributed by atoms with van der Waals surface area (Å²) < 4.78 is 36.1. The fraction of sp³-hybridized carbons (Fsp3) is 0.333. The molecule has 0 saturated carbocycles. The summed E-state index contributed by atoms with van der Waals surface area (Å²) in [4.78, 5) is 21.4. The monoisotopic (exact) mass is 275 g/mol. The molecule has 19 heavy (non-hydrogen) atoms. The Morgan fingerprint density at radius 2 is 1.79 bits per heavy atom. The van der Waals surface area contributed by atoms with E-state index in [2.05, 4.69) is 0 Å². The minimum atomic E-state index is -4.97. The second-order valence-corrected chi connectivity index (χ2v) is 3.91. The van der Waals surface area contributed by atoms with E-state index in [1.807, 2.05) is 0 Å². The van der Waals surface area contributed by atoms with E-state index in [1.165, 1.54) is 0 Å². The van der Waals surface area contributed by atoms with Gasteiger partial charge >= 0.3 is 18.1 Å². The van der Waals surface area contributed by atoms with E-state index in [0.29, 0.717) is 5.56 Å². The zero-order chi connectivity index (χ0) is 14.5. The largest absolute Gasteiger partial charge is 0.481 e. The highest BCUT2D eigenvalue weighted by molar-refractivity contribution is 5.81. The number of nitrogens with one attached hydrogen (secondary N) is 1. The maximum Gasteiger partial charge on any atom is 0.471 e. The highest BCUT2D eigenvalue weighted by atomic mass is 19.4. The standard InChI is InChI=1S/C12H12F3NO3/c13-12(14,15)11(19)16-7-9(6-10(17)18)8-4-2-1-3-5-8/h1-5,9H,6-7H2,(H,16,19)(H,17,18). The first-order valence-electron chi connectivity index (χ1n) is 5.42. The van der Waals surface area contributed by atoms with Gasteiger partial charge in [0.15, 0.2) is 0 Å². The number of rotatable bonds is 5. The third-order valence-corrected chi connectivity index (χ3v) is 2.46. The molecule has 7 heteroatoms. The molecule has 1 amide bonds. The van der Waals surface area contributed by atoms with Gasteiger partial charge in [-0.2, -0.15) is 13.2 Å². The molecular formula is C12H12F3NO3. The van der Waals surface area contributed by atoms with Crippen molar-refractivity contribution in [2.75, 3.05) is 6.54 Å². The molecule has 0 saturated heterocycles. The van der Waals surface area contributed by atoms with Crippen LogP contribution >= 0.6 is 0 Å². The SMILES string of the molecule is O=C(O)CC(CNC(=O)C(F)(F)F)c1ccccc1. The van der Waals surface area contributed by atoms with Gasteiger partial charge in [-0.05, 0) is 5.56 Å². The number of aliphatic carboxylic acids is 1. The van der Waals surface area contributed by atoms with Crippen LogP contribution in [0.25, 0.3) is 0 Å². The summed E-state index contributed by atoms with van der Waals surface area (Å²) in [6, 6.07) is 8.21. The van der Waals surface area contributed by atoms with Gasteiger partial charge in [-0.1, -0.05) is 30.3 Å². The van der Waals surface area contributed by atoms with Crippen molar-refractivity contribution < 1.29 is 27.9 Å². The van der Waals surface area contributed by atoms with Crippen molar-refractivity contribution in [2.24, 2.45) is 0 Å². The zero-order valence-electron chi connectivity index (χ0n) is 9.78.